The van der Waals surface area contributed by atoms with E-state index in [1.807, 2.05) is 31.2 Å². The van der Waals surface area contributed by atoms with Crippen molar-refractivity contribution in [3.63, 3.8) is 0 Å². The lowest BCUT2D eigenvalue weighted by Crippen LogP contribution is -2.44. The fourth-order valence-electron chi connectivity index (χ4n) is 6.18. The third-order valence-corrected chi connectivity index (χ3v) is 9.06. The highest BCUT2D eigenvalue weighted by atomic mass is 32.2. The van der Waals surface area contributed by atoms with Crippen molar-refractivity contribution in [1.29, 1.82) is 0 Å². The first kappa shape index (κ1) is 33.3. The van der Waals surface area contributed by atoms with E-state index >= 15 is 0 Å². The molecular weight excluding hydrogens is 610 g/mol. The first-order valence-electron chi connectivity index (χ1n) is 15.5. The quantitative estimate of drug-likeness (QED) is 0.205. The number of hydrogen-bond acceptors (Lipinski definition) is 9. The number of aryl methyl sites for hydroxylation is 2. The lowest BCUT2D eigenvalue weighted by molar-refractivity contribution is 0.389. The Morgan fingerprint density at radius 1 is 1.04 bits per heavy atom. The maximum absolute atomic E-state index is 13.7. The molecule has 0 spiro atoms. The van der Waals surface area contributed by atoms with Crippen LogP contribution >= 0.6 is 0 Å². The Labute approximate surface area is 267 Å². The molecule has 2 fully saturated rings. The van der Waals surface area contributed by atoms with Gasteiger partial charge in [-0.1, -0.05) is 43.4 Å². The molecule has 4 N–H and O–H groups in total. The summed E-state index contributed by atoms with van der Waals surface area (Å²) in [6.07, 6.45) is 6.84. The molecule has 1 atom stereocenters. The van der Waals surface area contributed by atoms with Gasteiger partial charge in [0.15, 0.2) is 11.2 Å². The number of imidazole rings is 1. The van der Waals surface area contributed by atoms with Crippen molar-refractivity contribution in [2.45, 2.75) is 84.0 Å². The van der Waals surface area contributed by atoms with Gasteiger partial charge in [0.2, 0.25) is 5.95 Å². The molecule has 3 aromatic heterocycles. The van der Waals surface area contributed by atoms with Gasteiger partial charge < -0.3 is 10.6 Å². The molecule has 0 radical (unpaired) electrons. The topological polar surface area (TPSA) is 183 Å². The molecule has 4 aromatic rings. The average molecular weight is 652 g/mol. The normalized spacial score (nSPS) is 17.4. The van der Waals surface area contributed by atoms with Crippen LogP contribution in [0, 0.1) is 18.8 Å². The maximum atomic E-state index is 13.7. The molecule has 1 aliphatic heterocycles. The lowest BCUT2D eigenvalue weighted by Gasteiger charge is -2.31. The molecule has 1 saturated heterocycles. The zero-order chi connectivity index (χ0) is 33.0. The van der Waals surface area contributed by atoms with Crippen molar-refractivity contribution >= 4 is 38.3 Å². The molecule has 15 heteroatoms. The number of nitrogens with two attached hydrogens (primary N) is 1. The van der Waals surface area contributed by atoms with E-state index in [1.165, 1.54) is 15.6 Å². The minimum absolute atomic E-state index is 0.0306. The molecule has 0 amide bonds. The number of nitrogens with zero attached hydrogens (tertiary/aromatic N) is 7. The van der Waals surface area contributed by atoms with E-state index < -0.39 is 21.6 Å². The van der Waals surface area contributed by atoms with Crippen LogP contribution in [0.25, 0.3) is 22.1 Å². The average Bonchev–Trinajstić information content (AvgIpc) is 3.41. The zero-order valence-electron chi connectivity index (χ0n) is 26.4. The molecule has 46 heavy (non-hydrogen) atoms. The number of benzene rings is 1. The number of hydrogen-bond donors (Lipinski definition) is 3. The molecule has 2 aliphatic rings. The molecule has 0 bridgehead atoms. The third kappa shape index (κ3) is 7.47. The second-order valence-electron chi connectivity index (χ2n) is 11.8. The van der Waals surface area contributed by atoms with E-state index in [0.717, 1.165) is 61.7 Å². The van der Waals surface area contributed by atoms with E-state index in [0.29, 0.717) is 29.5 Å². The van der Waals surface area contributed by atoms with Crippen LogP contribution in [0.3, 0.4) is 0 Å². The van der Waals surface area contributed by atoms with Gasteiger partial charge in [-0.3, -0.25) is 23.0 Å². The van der Waals surface area contributed by atoms with Crippen LogP contribution in [0.2, 0.25) is 0 Å². The molecule has 246 valence electrons. The Hall–Kier alpha value is -4.10. The summed E-state index contributed by atoms with van der Waals surface area (Å²) >= 11 is 0. The molecule has 4 heterocycles. The summed E-state index contributed by atoms with van der Waals surface area (Å²) in [5, 5.41) is 0.938. The van der Waals surface area contributed by atoms with Crippen molar-refractivity contribution in [1.82, 2.24) is 33.4 Å². The summed E-state index contributed by atoms with van der Waals surface area (Å²) in [5.74, 6) is 6.96. The minimum atomic E-state index is -3.97. The molecule has 1 saturated carbocycles. The van der Waals surface area contributed by atoms with Crippen LogP contribution < -0.4 is 26.6 Å². The van der Waals surface area contributed by atoms with E-state index in [4.69, 9.17) is 15.3 Å². The Kier molecular flexibility index (Phi) is 10.2. The second kappa shape index (κ2) is 14.1. The maximum Gasteiger partial charge on any atom is 0.333 e. The first-order chi connectivity index (χ1) is 22.0. The standard InChI is InChI=1S/C25H28N8O2.C6H13NO3S/c1-4-5-13-32-21-22(29-24(32)31-12-8-9-17(26)14-31)30(3)25(35)33(23(21)34)15-20-27-16(2)18-10-6-7-11-19(18)28-20;8-11(9,10)7-6-4-2-1-3-5-6/h6-7,10-11,17H,8-9,12-15,26H2,1-3H3;6-7H,1-5H2,(H,8,9,10)/t17-;/m1./s1. The Morgan fingerprint density at radius 2 is 1.78 bits per heavy atom. The van der Waals surface area contributed by atoms with Gasteiger partial charge in [0.05, 0.1) is 18.6 Å². The van der Waals surface area contributed by atoms with Crippen molar-refractivity contribution in [3.05, 3.63) is 56.6 Å². The summed E-state index contributed by atoms with van der Waals surface area (Å²) in [5.41, 5.74) is 7.54. The Bertz CT molecular complexity index is 2020. The summed E-state index contributed by atoms with van der Waals surface area (Å²) in [7, 11) is -2.35. The largest absolute Gasteiger partial charge is 0.341 e. The molecule has 0 unspecified atom stereocenters. The van der Waals surface area contributed by atoms with Crippen molar-refractivity contribution in [3.8, 4) is 11.8 Å². The number of anilines is 1. The van der Waals surface area contributed by atoms with Crippen LogP contribution in [-0.4, -0.2) is 66.8 Å². The van der Waals surface area contributed by atoms with Gasteiger partial charge >= 0.3 is 16.0 Å². The number of aromatic nitrogens is 6. The van der Waals surface area contributed by atoms with Gasteiger partial charge in [-0.15, -0.1) is 5.92 Å². The smallest absolute Gasteiger partial charge is 0.333 e. The SMILES string of the molecule is CC#CCn1c(N2CCC[C@@H](N)C2)nc2c1c(=O)n(Cc1nc(C)c3ccccc3n1)c(=O)n2C.O=S(=O)(O)NC1CCCCC1. The van der Waals surface area contributed by atoms with Crippen molar-refractivity contribution in [2.75, 3.05) is 18.0 Å². The van der Waals surface area contributed by atoms with Crippen LogP contribution in [0.5, 0.6) is 0 Å². The lowest BCUT2D eigenvalue weighted by atomic mass is 9.96. The molecule has 1 aliphatic carbocycles. The van der Waals surface area contributed by atoms with E-state index in [1.54, 1.807) is 18.5 Å². The number of nitrogens with one attached hydrogen (secondary N) is 1. The van der Waals surface area contributed by atoms with Crippen LogP contribution in [0.1, 0.15) is 63.4 Å². The highest BCUT2D eigenvalue weighted by Gasteiger charge is 2.26. The summed E-state index contributed by atoms with van der Waals surface area (Å²) < 4.78 is 35.7. The van der Waals surface area contributed by atoms with Crippen LogP contribution in [0.15, 0.2) is 33.9 Å². The highest BCUT2D eigenvalue weighted by Crippen LogP contribution is 2.23. The van der Waals surface area contributed by atoms with Crippen LogP contribution in [-0.2, 0) is 30.4 Å². The van der Waals surface area contributed by atoms with Crippen LogP contribution in [0.4, 0.5) is 5.95 Å². The van der Waals surface area contributed by atoms with Crippen molar-refractivity contribution < 1.29 is 13.0 Å². The van der Waals surface area contributed by atoms with Gasteiger partial charge in [0, 0.05) is 43.3 Å². The molecule has 14 nitrogen and oxygen atoms in total. The van der Waals surface area contributed by atoms with Gasteiger partial charge in [-0.2, -0.15) is 18.1 Å². The van der Waals surface area contributed by atoms with Gasteiger partial charge in [-0.05, 0) is 45.6 Å². The van der Waals surface area contributed by atoms with E-state index in [-0.39, 0.29) is 25.2 Å². The predicted molar refractivity (Wildman–Crippen MR) is 177 cm³/mol. The van der Waals surface area contributed by atoms with E-state index in [9.17, 15) is 18.0 Å². The van der Waals surface area contributed by atoms with Gasteiger partial charge in [-0.25, -0.2) is 14.8 Å². The van der Waals surface area contributed by atoms with Gasteiger partial charge in [0.25, 0.3) is 5.56 Å². The number of rotatable bonds is 6. The third-order valence-electron chi connectivity index (χ3n) is 8.43. The predicted octanol–water partition coefficient (Wildman–Crippen LogP) is 1.86. The number of para-hydroxylation sites is 1. The zero-order valence-corrected chi connectivity index (χ0v) is 27.3. The number of piperidine rings is 1. The molecule has 1 aromatic carbocycles. The van der Waals surface area contributed by atoms with Gasteiger partial charge in [0.1, 0.15) is 5.82 Å². The summed E-state index contributed by atoms with van der Waals surface area (Å²) in [6.45, 7) is 5.31. The molecular formula is C31H41N9O5S. The minimum Gasteiger partial charge on any atom is -0.341 e. The Balaban J connectivity index is 0.000000322. The monoisotopic (exact) mass is 651 g/mol. The fraction of sp³-hybridized carbons (Fsp3) is 0.516. The highest BCUT2D eigenvalue weighted by molar-refractivity contribution is 7.83. The second-order valence-corrected chi connectivity index (χ2v) is 13.0. The van der Waals surface area contributed by atoms with E-state index in [2.05, 4.69) is 31.4 Å². The fourth-order valence-corrected chi connectivity index (χ4v) is 6.84. The Morgan fingerprint density at radius 3 is 2.48 bits per heavy atom. The summed E-state index contributed by atoms with van der Waals surface area (Å²) in [4.78, 5) is 43.0. The molecule has 6 rings (SSSR count). The van der Waals surface area contributed by atoms with Crippen molar-refractivity contribution in [2.24, 2.45) is 12.8 Å². The summed E-state index contributed by atoms with van der Waals surface area (Å²) in [6, 6.07) is 7.66. The first-order valence-corrected chi connectivity index (χ1v) is 17.0. The number of fused-ring (bicyclic) bond motifs is 2.